The van der Waals surface area contributed by atoms with Crippen LogP contribution in [0.3, 0.4) is 0 Å². The lowest BCUT2D eigenvalue weighted by atomic mass is 9.90. The van der Waals surface area contributed by atoms with E-state index >= 15 is 0 Å². The Kier molecular flexibility index (Phi) is 3.55. The zero-order valence-corrected chi connectivity index (χ0v) is 10.6. The molecule has 0 radical (unpaired) electrons. The molecule has 13 heavy (non-hydrogen) atoms. The van der Waals surface area contributed by atoms with Crippen LogP contribution < -0.4 is 0 Å². The molecule has 1 aromatic heterocycles. The lowest BCUT2D eigenvalue weighted by Gasteiger charge is -2.17. The monoisotopic (exact) mass is 280 g/mol. The van der Waals surface area contributed by atoms with Gasteiger partial charge < -0.3 is 0 Å². The Morgan fingerprint density at radius 2 is 2.23 bits per heavy atom. The Bertz CT molecular complexity index is 319. The number of alkyl halides is 1. The molecule has 0 aromatic carbocycles. The van der Waals surface area contributed by atoms with Crippen LogP contribution in [-0.4, -0.2) is 11.7 Å². The highest BCUT2D eigenvalue weighted by atomic mass is 79.9. The van der Waals surface area contributed by atoms with Gasteiger partial charge in [-0.1, -0.05) is 13.8 Å². The first-order valence-corrected chi connectivity index (χ1v) is 5.98. The summed E-state index contributed by atoms with van der Waals surface area (Å²) in [6, 6.07) is 3.70. The van der Waals surface area contributed by atoms with Gasteiger partial charge in [-0.2, -0.15) is 0 Å². The molecule has 0 fully saturated rings. The van der Waals surface area contributed by atoms with Gasteiger partial charge in [0.15, 0.2) is 5.78 Å². The number of Topliss-reactive ketones (excluding diaryl/α,β-unsaturated/α-hetero) is 1. The zero-order chi connectivity index (χ0) is 10.1. The number of thiophene rings is 1. The maximum absolute atomic E-state index is 11.8. The number of carbonyl (C=O) groups excluding carboxylic acids is 1. The lowest BCUT2D eigenvalue weighted by Crippen LogP contribution is -2.25. The Hall–Kier alpha value is 0.140. The molecule has 1 nitrogen and oxygen atoms in total. The number of hydrogen-bond acceptors (Lipinski definition) is 2. The molecule has 0 saturated heterocycles. The smallest absolute Gasteiger partial charge is 0.179 e. The van der Waals surface area contributed by atoms with Gasteiger partial charge in [-0.15, -0.1) is 22.9 Å². The molecule has 0 N–H and O–H groups in total. The van der Waals surface area contributed by atoms with Crippen molar-refractivity contribution in [2.75, 3.05) is 5.88 Å². The second kappa shape index (κ2) is 4.11. The second-order valence-electron chi connectivity index (χ2n) is 3.45. The van der Waals surface area contributed by atoms with Crippen LogP contribution >= 0.6 is 38.9 Å². The summed E-state index contributed by atoms with van der Waals surface area (Å²) in [5.41, 5.74) is -0.466. The van der Waals surface area contributed by atoms with Gasteiger partial charge in [0.25, 0.3) is 0 Å². The minimum atomic E-state index is -0.466. The first-order chi connectivity index (χ1) is 5.97. The van der Waals surface area contributed by atoms with E-state index in [1.165, 1.54) is 11.3 Å². The first kappa shape index (κ1) is 11.2. The molecule has 0 aliphatic carbocycles. The number of ketones is 1. The predicted octanol–water partition coefficient (Wildman–Crippen LogP) is 3.96. The largest absolute Gasteiger partial charge is 0.293 e. The van der Waals surface area contributed by atoms with Crippen molar-refractivity contribution in [1.82, 2.24) is 0 Å². The van der Waals surface area contributed by atoms with Gasteiger partial charge in [0, 0.05) is 11.3 Å². The van der Waals surface area contributed by atoms with E-state index < -0.39 is 5.41 Å². The van der Waals surface area contributed by atoms with Crippen molar-refractivity contribution in [3.05, 3.63) is 20.8 Å². The van der Waals surface area contributed by atoms with Gasteiger partial charge in [0.1, 0.15) is 0 Å². The van der Waals surface area contributed by atoms with Crippen molar-refractivity contribution in [3.63, 3.8) is 0 Å². The molecule has 0 unspecified atom stereocenters. The van der Waals surface area contributed by atoms with E-state index in [0.717, 1.165) is 8.66 Å². The Morgan fingerprint density at radius 3 is 2.62 bits per heavy atom. The van der Waals surface area contributed by atoms with E-state index in [9.17, 15) is 4.79 Å². The third kappa shape index (κ3) is 2.55. The third-order valence-corrected chi connectivity index (χ3v) is 4.04. The summed E-state index contributed by atoms with van der Waals surface area (Å²) in [5, 5.41) is 0. The third-order valence-electron chi connectivity index (χ3n) is 1.75. The molecule has 0 atom stereocenters. The van der Waals surface area contributed by atoms with Crippen LogP contribution in [0, 0.1) is 5.41 Å². The van der Waals surface area contributed by atoms with Gasteiger partial charge in [0.2, 0.25) is 0 Å². The predicted molar refractivity (Wildman–Crippen MR) is 60.9 cm³/mol. The van der Waals surface area contributed by atoms with E-state index in [4.69, 9.17) is 11.6 Å². The summed E-state index contributed by atoms with van der Waals surface area (Å²) in [5.74, 6) is 0.458. The minimum Gasteiger partial charge on any atom is -0.293 e. The summed E-state index contributed by atoms with van der Waals surface area (Å²) >= 11 is 10.5. The van der Waals surface area contributed by atoms with E-state index in [2.05, 4.69) is 15.9 Å². The van der Waals surface area contributed by atoms with Crippen LogP contribution in [0.2, 0.25) is 0 Å². The SMILES string of the molecule is CC(C)(CCl)C(=O)c1ccc(Br)s1. The lowest BCUT2D eigenvalue weighted by molar-refractivity contribution is 0.0866. The number of hydrogen-bond donors (Lipinski definition) is 0. The molecule has 1 rings (SSSR count). The van der Waals surface area contributed by atoms with Crippen molar-refractivity contribution in [2.24, 2.45) is 5.41 Å². The first-order valence-electron chi connectivity index (χ1n) is 3.83. The topological polar surface area (TPSA) is 17.1 Å². The molecule has 0 saturated carbocycles. The van der Waals surface area contributed by atoms with Crippen molar-refractivity contribution in [1.29, 1.82) is 0 Å². The van der Waals surface area contributed by atoms with E-state index in [-0.39, 0.29) is 5.78 Å². The van der Waals surface area contributed by atoms with Gasteiger partial charge in [0.05, 0.1) is 8.66 Å². The molecular weight excluding hydrogens is 272 g/mol. The fourth-order valence-corrected chi connectivity index (χ4v) is 2.46. The molecular formula is C9H10BrClOS. The number of halogens is 2. The Balaban J connectivity index is 2.91. The quantitative estimate of drug-likeness (QED) is 0.605. The fraction of sp³-hybridized carbons (Fsp3) is 0.444. The molecule has 0 bridgehead atoms. The van der Waals surface area contributed by atoms with Crippen LogP contribution in [-0.2, 0) is 0 Å². The summed E-state index contributed by atoms with van der Waals surface area (Å²) in [6.07, 6.45) is 0. The molecule has 0 spiro atoms. The second-order valence-corrected chi connectivity index (χ2v) is 6.18. The summed E-state index contributed by atoms with van der Waals surface area (Å²) < 4.78 is 0.973. The highest BCUT2D eigenvalue weighted by molar-refractivity contribution is 9.11. The number of rotatable bonds is 3. The Morgan fingerprint density at radius 1 is 1.62 bits per heavy atom. The summed E-state index contributed by atoms with van der Waals surface area (Å²) in [6.45, 7) is 3.71. The fourth-order valence-electron chi connectivity index (χ4n) is 0.831. The van der Waals surface area contributed by atoms with E-state index in [0.29, 0.717) is 5.88 Å². The molecule has 0 amide bonds. The van der Waals surface area contributed by atoms with E-state index in [1.807, 2.05) is 26.0 Å². The molecule has 72 valence electrons. The minimum absolute atomic E-state index is 0.109. The van der Waals surface area contributed by atoms with Gasteiger partial charge in [-0.05, 0) is 28.1 Å². The van der Waals surface area contributed by atoms with Crippen molar-refractivity contribution < 1.29 is 4.79 Å². The van der Waals surface area contributed by atoms with Crippen LogP contribution in [0.5, 0.6) is 0 Å². The Labute approximate surface area is 95.2 Å². The van der Waals surface area contributed by atoms with Gasteiger partial charge in [-0.3, -0.25) is 4.79 Å². The van der Waals surface area contributed by atoms with E-state index in [1.54, 1.807) is 0 Å². The number of carbonyl (C=O) groups is 1. The van der Waals surface area contributed by atoms with Crippen LogP contribution in [0.1, 0.15) is 23.5 Å². The molecule has 1 heterocycles. The zero-order valence-electron chi connectivity index (χ0n) is 7.43. The highest BCUT2D eigenvalue weighted by Crippen LogP contribution is 2.29. The van der Waals surface area contributed by atoms with Gasteiger partial charge >= 0.3 is 0 Å². The molecule has 0 aliphatic heterocycles. The average molecular weight is 282 g/mol. The molecule has 0 aliphatic rings. The summed E-state index contributed by atoms with van der Waals surface area (Å²) in [7, 11) is 0. The van der Waals surface area contributed by atoms with Crippen molar-refractivity contribution >= 4 is 44.7 Å². The normalized spacial score (nSPS) is 11.7. The molecule has 1 aromatic rings. The highest BCUT2D eigenvalue weighted by Gasteiger charge is 2.28. The van der Waals surface area contributed by atoms with Crippen LogP contribution in [0.4, 0.5) is 0 Å². The average Bonchev–Trinajstić information content (AvgIpc) is 2.50. The van der Waals surface area contributed by atoms with Crippen molar-refractivity contribution in [3.8, 4) is 0 Å². The standard InChI is InChI=1S/C9H10BrClOS/c1-9(2,5-11)8(12)6-3-4-7(10)13-6/h3-4H,5H2,1-2H3. The van der Waals surface area contributed by atoms with Crippen LogP contribution in [0.25, 0.3) is 0 Å². The molecule has 4 heteroatoms. The van der Waals surface area contributed by atoms with Crippen LogP contribution in [0.15, 0.2) is 15.9 Å². The van der Waals surface area contributed by atoms with Crippen molar-refractivity contribution in [2.45, 2.75) is 13.8 Å². The summed E-state index contributed by atoms with van der Waals surface area (Å²) in [4.78, 5) is 12.6. The maximum Gasteiger partial charge on any atom is 0.179 e. The maximum atomic E-state index is 11.8. The van der Waals surface area contributed by atoms with Gasteiger partial charge in [-0.25, -0.2) is 0 Å².